The quantitative estimate of drug-likeness (QED) is 0.579. The van der Waals surface area contributed by atoms with E-state index in [0.29, 0.717) is 5.92 Å². The standard InChI is InChI=1S/C7H13NO2/c9-5-7(10)8-4-6-2-1-3-6/h6,9H,1-5H2,(H,8,10). The molecule has 0 aromatic heterocycles. The summed E-state index contributed by atoms with van der Waals surface area (Å²) in [6.45, 7) is 0.367. The molecule has 3 nitrogen and oxygen atoms in total. The van der Waals surface area contributed by atoms with Gasteiger partial charge in [0.1, 0.15) is 6.61 Å². The van der Waals surface area contributed by atoms with Gasteiger partial charge in [-0.3, -0.25) is 4.79 Å². The first-order chi connectivity index (χ1) is 4.83. The third-order valence-electron chi connectivity index (χ3n) is 1.96. The lowest BCUT2D eigenvalue weighted by atomic mass is 9.85. The summed E-state index contributed by atoms with van der Waals surface area (Å²) in [5, 5.41) is 11.0. The van der Waals surface area contributed by atoms with Gasteiger partial charge in [0, 0.05) is 6.54 Å². The Morgan fingerprint density at radius 1 is 1.60 bits per heavy atom. The molecular formula is C7H13NO2. The zero-order valence-corrected chi connectivity index (χ0v) is 5.97. The molecule has 58 valence electrons. The van der Waals surface area contributed by atoms with Crippen LogP contribution in [0.5, 0.6) is 0 Å². The van der Waals surface area contributed by atoms with E-state index < -0.39 is 0 Å². The van der Waals surface area contributed by atoms with E-state index in [4.69, 9.17) is 5.11 Å². The molecule has 0 spiro atoms. The molecule has 0 radical (unpaired) electrons. The molecule has 0 aromatic rings. The van der Waals surface area contributed by atoms with Crippen molar-refractivity contribution in [3.63, 3.8) is 0 Å². The fourth-order valence-electron chi connectivity index (χ4n) is 1.01. The monoisotopic (exact) mass is 143 g/mol. The fraction of sp³-hybridized carbons (Fsp3) is 0.857. The minimum absolute atomic E-state index is 0.257. The van der Waals surface area contributed by atoms with Gasteiger partial charge >= 0.3 is 0 Å². The van der Waals surface area contributed by atoms with Crippen LogP contribution >= 0.6 is 0 Å². The number of aliphatic hydroxyl groups is 1. The van der Waals surface area contributed by atoms with Gasteiger partial charge in [-0.1, -0.05) is 6.42 Å². The predicted molar refractivity (Wildman–Crippen MR) is 37.4 cm³/mol. The third-order valence-corrected chi connectivity index (χ3v) is 1.96. The first kappa shape index (κ1) is 7.54. The van der Waals surface area contributed by atoms with E-state index in [1.165, 1.54) is 19.3 Å². The molecule has 1 saturated carbocycles. The molecule has 1 amide bonds. The van der Waals surface area contributed by atoms with Gasteiger partial charge in [0.25, 0.3) is 0 Å². The second kappa shape index (κ2) is 3.56. The molecule has 3 heteroatoms. The zero-order valence-electron chi connectivity index (χ0n) is 5.97. The Bertz CT molecular complexity index is 121. The number of aliphatic hydroxyl groups excluding tert-OH is 1. The first-order valence-electron chi connectivity index (χ1n) is 3.70. The van der Waals surface area contributed by atoms with Gasteiger partial charge in [-0.25, -0.2) is 0 Å². The molecule has 2 N–H and O–H groups in total. The van der Waals surface area contributed by atoms with E-state index in [-0.39, 0.29) is 12.5 Å². The SMILES string of the molecule is O=C(CO)NCC1CCC1. The van der Waals surface area contributed by atoms with Crippen molar-refractivity contribution >= 4 is 5.91 Å². The smallest absolute Gasteiger partial charge is 0.245 e. The maximum atomic E-state index is 10.5. The van der Waals surface area contributed by atoms with Crippen LogP contribution in [-0.4, -0.2) is 24.2 Å². The summed E-state index contributed by atoms with van der Waals surface area (Å²) in [6, 6.07) is 0. The van der Waals surface area contributed by atoms with Crippen LogP contribution in [0, 0.1) is 5.92 Å². The minimum atomic E-state index is -0.382. The van der Waals surface area contributed by atoms with Gasteiger partial charge in [-0.15, -0.1) is 0 Å². The Morgan fingerprint density at radius 2 is 2.30 bits per heavy atom. The van der Waals surface area contributed by atoms with Crippen molar-refractivity contribution in [2.75, 3.05) is 13.2 Å². The van der Waals surface area contributed by atoms with Crippen molar-refractivity contribution in [1.29, 1.82) is 0 Å². The largest absolute Gasteiger partial charge is 0.387 e. The van der Waals surface area contributed by atoms with Crippen LogP contribution in [0.15, 0.2) is 0 Å². The van der Waals surface area contributed by atoms with E-state index in [1.807, 2.05) is 0 Å². The number of nitrogens with one attached hydrogen (secondary N) is 1. The van der Waals surface area contributed by atoms with Crippen LogP contribution in [0.3, 0.4) is 0 Å². The van der Waals surface area contributed by atoms with Crippen molar-refractivity contribution < 1.29 is 9.90 Å². The summed E-state index contributed by atoms with van der Waals surface area (Å²) in [4.78, 5) is 10.5. The van der Waals surface area contributed by atoms with Gasteiger partial charge in [0.15, 0.2) is 0 Å². The number of rotatable bonds is 3. The van der Waals surface area contributed by atoms with E-state index in [1.54, 1.807) is 0 Å². The van der Waals surface area contributed by atoms with Crippen LogP contribution in [0.25, 0.3) is 0 Å². The summed E-state index contributed by atoms with van der Waals surface area (Å²) in [6.07, 6.45) is 3.75. The normalized spacial score (nSPS) is 18.1. The van der Waals surface area contributed by atoms with Crippen molar-refractivity contribution in [1.82, 2.24) is 5.32 Å². The van der Waals surface area contributed by atoms with Gasteiger partial charge < -0.3 is 10.4 Å². The molecule has 0 aliphatic heterocycles. The molecule has 1 rings (SSSR count). The molecular weight excluding hydrogens is 130 g/mol. The second-order valence-corrected chi connectivity index (χ2v) is 2.76. The molecule has 0 aromatic carbocycles. The van der Waals surface area contributed by atoms with Crippen molar-refractivity contribution in [3.05, 3.63) is 0 Å². The van der Waals surface area contributed by atoms with Crippen molar-refractivity contribution in [3.8, 4) is 0 Å². The van der Waals surface area contributed by atoms with Gasteiger partial charge in [-0.05, 0) is 18.8 Å². The maximum Gasteiger partial charge on any atom is 0.245 e. The lowest BCUT2D eigenvalue weighted by Gasteiger charge is -2.25. The Labute approximate surface area is 60.4 Å². The van der Waals surface area contributed by atoms with E-state index in [0.717, 1.165) is 6.54 Å². The Hall–Kier alpha value is -0.570. The molecule has 0 heterocycles. The average molecular weight is 143 g/mol. The number of carbonyl (C=O) groups is 1. The maximum absolute atomic E-state index is 10.5. The van der Waals surface area contributed by atoms with Crippen LogP contribution in [0.1, 0.15) is 19.3 Å². The van der Waals surface area contributed by atoms with Crippen molar-refractivity contribution in [2.24, 2.45) is 5.92 Å². The van der Waals surface area contributed by atoms with E-state index in [2.05, 4.69) is 5.32 Å². The highest BCUT2D eigenvalue weighted by molar-refractivity contribution is 5.76. The summed E-state index contributed by atoms with van der Waals surface area (Å²) in [7, 11) is 0. The molecule has 1 aliphatic carbocycles. The van der Waals surface area contributed by atoms with Gasteiger partial charge in [0.2, 0.25) is 5.91 Å². The Balaban J connectivity index is 1.98. The van der Waals surface area contributed by atoms with Gasteiger partial charge in [-0.2, -0.15) is 0 Å². The van der Waals surface area contributed by atoms with Gasteiger partial charge in [0.05, 0.1) is 0 Å². The Kier molecular flexibility index (Phi) is 2.68. The highest BCUT2D eigenvalue weighted by atomic mass is 16.3. The highest BCUT2D eigenvalue weighted by Gasteiger charge is 2.17. The highest BCUT2D eigenvalue weighted by Crippen LogP contribution is 2.24. The second-order valence-electron chi connectivity index (χ2n) is 2.76. The topological polar surface area (TPSA) is 49.3 Å². The first-order valence-corrected chi connectivity index (χ1v) is 3.70. The molecule has 0 saturated heterocycles. The zero-order chi connectivity index (χ0) is 7.40. The van der Waals surface area contributed by atoms with Crippen LogP contribution in [-0.2, 0) is 4.79 Å². The number of hydrogen-bond acceptors (Lipinski definition) is 2. The molecule has 0 bridgehead atoms. The minimum Gasteiger partial charge on any atom is -0.387 e. The number of hydrogen-bond donors (Lipinski definition) is 2. The summed E-state index contributed by atoms with van der Waals surface area (Å²) in [5.41, 5.74) is 0. The van der Waals surface area contributed by atoms with Crippen LogP contribution in [0.4, 0.5) is 0 Å². The molecule has 1 aliphatic rings. The fourth-order valence-corrected chi connectivity index (χ4v) is 1.01. The molecule has 1 fully saturated rings. The third kappa shape index (κ3) is 1.99. The number of carbonyl (C=O) groups excluding carboxylic acids is 1. The van der Waals surface area contributed by atoms with E-state index in [9.17, 15) is 4.79 Å². The summed E-state index contributed by atoms with van der Waals surface area (Å²) in [5.74, 6) is 0.419. The number of amides is 1. The summed E-state index contributed by atoms with van der Waals surface area (Å²) >= 11 is 0. The van der Waals surface area contributed by atoms with E-state index >= 15 is 0 Å². The molecule has 0 atom stereocenters. The Morgan fingerprint density at radius 3 is 2.70 bits per heavy atom. The lowest BCUT2D eigenvalue weighted by molar-refractivity contribution is -0.124. The van der Waals surface area contributed by atoms with Crippen LogP contribution in [0.2, 0.25) is 0 Å². The molecule has 10 heavy (non-hydrogen) atoms. The van der Waals surface area contributed by atoms with Crippen LogP contribution < -0.4 is 5.32 Å². The average Bonchev–Trinajstić information content (AvgIpc) is 1.84. The predicted octanol–water partition coefficient (Wildman–Crippen LogP) is -0.105. The molecule has 0 unspecified atom stereocenters. The lowest BCUT2D eigenvalue weighted by Crippen LogP contribution is -2.33. The summed E-state index contributed by atoms with van der Waals surface area (Å²) < 4.78 is 0. The van der Waals surface area contributed by atoms with Crippen molar-refractivity contribution in [2.45, 2.75) is 19.3 Å².